The molecule has 1 aromatic rings. The summed E-state index contributed by atoms with van der Waals surface area (Å²) in [6.45, 7) is 4.44. The van der Waals surface area contributed by atoms with Crippen LogP contribution in [-0.2, 0) is 0 Å². The highest BCUT2D eigenvalue weighted by Gasteiger charge is 2.18. The minimum atomic E-state index is 0.646. The lowest BCUT2D eigenvalue weighted by molar-refractivity contribution is 0.112. The highest BCUT2D eigenvalue weighted by Crippen LogP contribution is 2.23. The number of aldehydes is 1. The van der Waals surface area contributed by atoms with E-state index in [4.69, 9.17) is 0 Å². The molecule has 0 unspecified atom stereocenters. The van der Waals surface area contributed by atoms with Gasteiger partial charge in [0.2, 0.25) is 0 Å². The molecule has 1 saturated heterocycles. The van der Waals surface area contributed by atoms with Gasteiger partial charge in [0.15, 0.2) is 6.29 Å². The first-order valence-electron chi connectivity index (χ1n) is 5.99. The number of carbonyl (C=O) groups is 1. The zero-order chi connectivity index (χ0) is 11.4. The van der Waals surface area contributed by atoms with E-state index in [9.17, 15) is 4.79 Å². The predicted octanol–water partition coefficient (Wildman–Crippen LogP) is 2.52. The number of pyridine rings is 1. The van der Waals surface area contributed by atoms with E-state index in [1.54, 1.807) is 6.20 Å². The minimum absolute atomic E-state index is 0.646. The van der Waals surface area contributed by atoms with Crippen molar-refractivity contribution in [2.45, 2.75) is 26.2 Å². The molecule has 86 valence electrons. The van der Waals surface area contributed by atoms with Crippen molar-refractivity contribution >= 4 is 12.1 Å². The highest BCUT2D eigenvalue weighted by atomic mass is 16.1. The molecule has 3 heteroatoms. The molecule has 0 radical (unpaired) electrons. The summed E-state index contributed by atoms with van der Waals surface area (Å²) in [5.74, 6) is 1.88. The molecular formula is C13H18N2O. The molecule has 0 amide bonds. The molecule has 0 atom stereocenters. The van der Waals surface area contributed by atoms with Crippen LogP contribution in [-0.4, -0.2) is 24.4 Å². The summed E-state index contributed by atoms with van der Waals surface area (Å²) in [7, 11) is 0. The maximum absolute atomic E-state index is 10.5. The summed E-state index contributed by atoms with van der Waals surface area (Å²) in [5, 5.41) is 0. The van der Waals surface area contributed by atoms with Gasteiger partial charge in [0.25, 0.3) is 0 Å². The van der Waals surface area contributed by atoms with E-state index >= 15 is 0 Å². The van der Waals surface area contributed by atoms with Crippen molar-refractivity contribution in [3.05, 3.63) is 23.9 Å². The van der Waals surface area contributed by atoms with E-state index in [-0.39, 0.29) is 0 Å². The summed E-state index contributed by atoms with van der Waals surface area (Å²) in [5.41, 5.74) is 0.646. The lowest BCUT2D eigenvalue weighted by Gasteiger charge is -2.32. The molecule has 1 aliphatic heterocycles. The molecule has 0 bridgehead atoms. The number of hydrogen-bond donors (Lipinski definition) is 0. The van der Waals surface area contributed by atoms with Crippen molar-refractivity contribution in [2.24, 2.45) is 5.92 Å². The number of rotatable bonds is 3. The average Bonchev–Trinajstić information content (AvgIpc) is 2.39. The van der Waals surface area contributed by atoms with Crippen molar-refractivity contribution in [3.8, 4) is 0 Å². The molecule has 0 spiro atoms. The summed E-state index contributed by atoms with van der Waals surface area (Å²) in [6.07, 6.45) is 6.28. The second kappa shape index (κ2) is 5.10. The van der Waals surface area contributed by atoms with Gasteiger partial charge in [-0.1, -0.05) is 13.3 Å². The summed E-state index contributed by atoms with van der Waals surface area (Å²) in [6, 6.07) is 3.78. The second-order valence-electron chi connectivity index (χ2n) is 4.41. The Balaban J connectivity index is 1.99. The van der Waals surface area contributed by atoms with E-state index in [1.165, 1.54) is 19.3 Å². The normalized spacial score (nSPS) is 17.4. The Morgan fingerprint density at radius 3 is 2.69 bits per heavy atom. The van der Waals surface area contributed by atoms with E-state index < -0.39 is 0 Å². The van der Waals surface area contributed by atoms with E-state index in [2.05, 4.69) is 16.8 Å². The van der Waals surface area contributed by atoms with Gasteiger partial charge < -0.3 is 4.90 Å². The number of piperidine rings is 1. The Labute approximate surface area is 96.5 Å². The molecule has 0 N–H and O–H groups in total. The third-order valence-corrected chi connectivity index (χ3v) is 3.42. The van der Waals surface area contributed by atoms with Crippen molar-refractivity contribution < 1.29 is 4.79 Å². The molecule has 2 rings (SSSR count). The minimum Gasteiger partial charge on any atom is -0.357 e. The van der Waals surface area contributed by atoms with E-state index in [1.807, 2.05) is 12.1 Å². The van der Waals surface area contributed by atoms with Crippen molar-refractivity contribution in [3.63, 3.8) is 0 Å². The lowest BCUT2D eigenvalue weighted by Crippen LogP contribution is -2.33. The number of carbonyl (C=O) groups excluding carboxylic acids is 1. The van der Waals surface area contributed by atoms with Crippen molar-refractivity contribution in [1.29, 1.82) is 0 Å². The first-order valence-corrected chi connectivity index (χ1v) is 5.99. The van der Waals surface area contributed by atoms with Crippen LogP contribution < -0.4 is 4.90 Å². The summed E-state index contributed by atoms with van der Waals surface area (Å²) in [4.78, 5) is 17.1. The van der Waals surface area contributed by atoms with Crippen molar-refractivity contribution in [2.75, 3.05) is 18.0 Å². The Morgan fingerprint density at radius 2 is 2.19 bits per heavy atom. The molecule has 0 aromatic carbocycles. The molecule has 0 saturated carbocycles. The van der Waals surface area contributed by atoms with Gasteiger partial charge in [-0.15, -0.1) is 0 Å². The number of nitrogens with zero attached hydrogens (tertiary/aromatic N) is 2. The molecule has 1 aliphatic rings. The fourth-order valence-electron chi connectivity index (χ4n) is 2.22. The zero-order valence-electron chi connectivity index (χ0n) is 9.72. The quantitative estimate of drug-likeness (QED) is 0.731. The number of anilines is 1. The first-order chi connectivity index (χ1) is 7.83. The lowest BCUT2D eigenvalue weighted by atomic mass is 9.94. The third kappa shape index (κ3) is 2.40. The third-order valence-electron chi connectivity index (χ3n) is 3.42. The van der Waals surface area contributed by atoms with Crippen LogP contribution in [0.5, 0.6) is 0 Å². The van der Waals surface area contributed by atoms with Gasteiger partial charge in [-0.2, -0.15) is 0 Å². The largest absolute Gasteiger partial charge is 0.357 e. The van der Waals surface area contributed by atoms with Gasteiger partial charge in [-0.25, -0.2) is 4.98 Å². The van der Waals surface area contributed by atoms with Gasteiger partial charge in [0.05, 0.1) is 0 Å². The number of aromatic nitrogens is 1. The Morgan fingerprint density at radius 1 is 1.44 bits per heavy atom. The second-order valence-corrected chi connectivity index (χ2v) is 4.41. The molecule has 2 heterocycles. The van der Waals surface area contributed by atoms with Gasteiger partial charge in [-0.3, -0.25) is 4.79 Å². The first kappa shape index (κ1) is 11.1. The fourth-order valence-corrected chi connectivity index (χ4v) is 2.22. The Hall–Kier alpha value is -1.38. The maximum atomic E-state index is 10.5. The molecule has 0 aliphatic carbocycles. The van der Waals surface area contributed by atoms with Gasteiger partial charge in [0.1, 0.15) is 5.82 Å². The van der Waals surface area contributed by atoms with Crippen LogP contribution in [0, 0.1) is 5.92 Å². The topological polar surface area (TPSA) is 33.2 Å². The average molecular weight is 218 g/mol. The standard InChI is InChI=1S/C13H18N2O/c1-2-11-5-7-15(8-6-11)13-4-3-12(10-16)9-14-13/h3-4,9-11H,2,5-8H2,1H3. The van der Waals surface area contributed by atoms with Crippen molar-refractivity contribution in [1.82, 2.24) is 4.98 Å². The van der Waals surface area contributed by atoms with Gasteiger partial charge >= 0.3 is 0 Å². The Kier molecular flexibility index (Phi) is 3.54. The van der Waals surface area contributed by atoms with Crippen LogP contribution in [0.2, 0.25) is 0 Å². The predicted molar refractivity (Wildman–Crippen MR) is 64.9 cm³/mol. The van der Waals surface area contributed by atoms with Crippen LogP contribution in [0.4, 0.5) is 5.82 Å². The van der Waals surface area contributed by atoms with Gasteiger partial charge in [0, 0.05) is 24.8 Å². The van der Waals surface area contributed by atoms with E-state index in [0.717, 1.165) is 31.1 Å². The smallest absolute Gasteiger partial charge is 0.151 e. The summed E-state index contributed by atoms with van der Waals surface area (Å²) < 4.78 is 0. The number of hydrogen-bond acceptors (Lipinski definition) is 3. The molecule has 1 aromatic heterocycles. The molecule has 3 nitrogen and oxygen atoms in total. The highest BCUT2D eigenvalue weighted by molar-refractivity contribution is 5.74. The van der Waals surface area contributed by atoms with Crippen LogP contribution in [0.3, 0.4) is 0 Å². The van der Waals surface area contributed by atoms with Crippen LogP contribution >= 0.6 is 0 Å². The molecular weight excluding hydrogens is 200 g/mol. The van der Waals surface area contributed by atoms with Crippen LogP contribution in [0.15, 0.2) is 18.3 Å². The van der Waals surface area contributed by atoms with Crippen LogP contribution in [0.1, 0.15) is 36.5 Å². The fraction of sp³-hybridized carbons (Fsp3) is 0.538. The molecule has 16 heavy (non-hydrogen) atoms. The Bertz CT molecular complexity index is 339. The van der Waals surface area contributed by atoms with Crippen LogP contribution in [0.25, 0.3) is 0 Å². The van der Waals surface area contributed by atoms with Gasteiger partial charge in [-0.05, 0) is 30.9 Å². The summed E-state index contributed by atoms with van der Waals surface area (Å²) >= 11 is 0. The SMILES string of the molecule is CCC1CCN(c2ccc(C=O)cn2)CC1. The zero-order valence-corrected chi connectivity index (χ0v) is 9.72. The molecule has 1 fully saturated rings. The maximum Gasteiger partial charge on any atom is 0.151 e. The van der Waals surface area contributed by atoms with E-state index in [0.29, 0.717) is 5.56 Å². The monoisotopic (exact) mass is 218 g/mol.